The van der Waals surface area contributed by atoms with E-state index in [1.165, 1.54) is 22.8 Å². The Bertz CT molecular complexity index is 1580. The molecule has 0 aliphatic rings. The lowest BCUT2D eigenvalue weighted by atomic mass is 9.98. The highest BCUT2D eigenvalue weighted by molar-refractivity contribution is 5.79. The zero-order chi connectivity index (χ0) is 24.4. The van der Waals surface area contributed by atoms with Crippen LogP contribution in [0, 0.1) is 10.1 Å². The van der Waals surface area contributed by atoms with Gasteiger partial charge in [0.15, 0.2) is 5.58 Å². The molecule has 1 atom stereocenters. The predicted molar refractivity (Wildman–Crippen MR) is 129 cm³/mol. The average Bonchev–Trinajstić information content (AvgIpc) is 3.46. The maximum Gasteiger partial charge on any atom is 0.419 e. The van der Waals surface area contributed by atoms with Gasteiger partial charge in [-0.1, -0.05) is 36.4 Å². The summed E-state index contributed by atoms with van der Waals surface area (Å²) in [6.45, 7) is 0.243. The van der Waals surface area contributed by atoms with Gasteiger partial charge in [0, 0.05) is 19.0 Å². The van der Waals surface area contributed by atoms with Gasteiger partial charge in [-0.3, -0.25) is 19.5 Å². The number of nitrogens with one attached hydrogen (secondary N) is 2. The largest absolute Gasteiger partial charge is 0.419 e. The summed E-state index contributed by atoms with van der Waals surface area (Å²) < 4.78 is 6.53. The number of rotatable bonds is 8. The van der Waals surface area contributed by atoms with Crippen LogP contribution in [-0.4, -0.2) is 25.4 Å². The number of carbonyl (C=O) groups excluding carboxylic acids is 1. The Morgan fingerprint density at radius 1 is 1.11 bits per heavy atom. The van der Waals surface area contributed by atoms with Gasteiger partial charge in [-0.15, -0.1) is 0 Å². The molecule has 2 aromatic heterocycles. The molecule has 176 valence electrons. The van der Waals surface area contributed by atoms with Crippen LogP contribution < -0.4 is 11.1 Å². The second kappa shape index (κ2) is 9.26. The predicted octanol–water partition coefficient (Wildman–Crippen LogP) is 4.07. The van der Waals surface area contributed by atoms with Crippen molar-refractivity contribution in [3.63, 3.8) is 0 Å². The Morgan fingerprint density at radius 2 is 1.94 bits per heavy atom. The lowest BCUT2D eigenvalue weighted by Crippen LogP contribution is -2.29. The first kappa shape index (κ1) is 22.1. The summed E-state index contributed by atoms with van der Waals surface area (Å²) >= 11 is 0. The molecular weight excluding hydrogens is 450 g/mol. The van der Waals surface area contributed by atoms with Gasteiger partial charge in [0.05, 0.1) is 39.9 Å². The molecular formula is C25H21N5O5. The number of hydrogen-bond donors (Lipinski definition) is 2. The number of benzene rings is 3. The van der Waals surface area contributed by atoms with E-state index in [9.17, 15) is 19.7 Å². The van der Waals surface area contributed by atoms with Gasteiger partial charge in [-0.05, 0) is 35.7 Å². The summed E-state index contributed by atoms with van der Waals surface area (Å²) in [6.07, 6.45) is 2.20. The fourth-order valence-electron chi connectivity index (χ4n) is 4.15. The molecule has 1 amide bonds. The number of hydrogen-bond acceptors (Lipinski definition) is 6. The van der Waals surface area contributed by atoms with Gasteiger partial charge in [0.1, 0.15) is 0 Å². The van der Waals surface area contributed by atoms with Crippen LogP contribution in [-0.2, 0) is 11.3 Å². The first-order chi connectivity index (χ1) is 17.0. The van der Waals surface area contributed by atoms with Crippen molar-refractivity contribution in [3.8, 4) is 0 Å². The van der Waals surface area contributed by atoms with Crippen LogP contribution in [0.2, 0.25) is 0 Å². The number of oxazole rings is 1. The fourth-order valence-corrected chi connectivity index (χ4v) is 4.15. The molecule has 0 fully saturated rings. The molecule has 0 aliphatic carbocycles. The molecule has 1 unspecified atom stereocenters. The van der Waals surface area contributed by atoms with Crippen molar-refractivity contribution in [2.24, 2.45) is 0 Å². The number of amides is 1. The van der Waals surface area contributed by atoms with Crippen LogP contribution >= 0.6 is 0 Å². The second-order valence-electron chi connectivity index (χ2n) is 8.12. The van der Waals surface area contributed by atoms with Crippen LogP contribution in [0.1, 0.15) is 30.0 Å². The highest BCUT2D eigenvalue weighted by Crippen LogP contribution is 2.25. The standard InChI is InChI=1S/C25H21N5O5/c31-23(7-4-12-29-21-11-9-18(30(33)34)14-22(21)35-25(29)32)28-24(16-5-2-1-3-6-16)17-8-10-19-20(13-17)27-15-26-19/h1-3,5-6,8-11,13-15,24H,4,7,12H2,(H,26,27)(H,28,31). The van der Waals surface area contributed by atoms with E-state index in [0.717, 1.165) is 22.2 Å². The summed E-state index contributed by atoms with van der Waals surface area (Å²) in [5.41, 5.74) is 4.03. The zero-order valence-electron chi connectivity index (χ0n) is 18.5. The lowest BCUT2D eigenvalue weighted by molar-refractivity contribution is -0.384. The van der Waals surface area contributed by atoms with Gasteiger partial charge in [0.25, 0.3) is 5.69 Å². The van der Waals surface area contributed by atoms with Crippen molar-refractivity contribution >= 4 is 33.7 Å². The van der Waals surface area contributed by atoms with Crippen molar-refractivity contribution in [1.82, 2.24) is 19.9 Å². The van der Waals surface area contributed by atoms with Gasteiger partial charge in [-0.2, -0.15) is 0 Å². The third-order valence-corrected chi connectivity index (χ3v) is 5.86. The SMILES string of the molecule is O=C(CCCn1c(=O)oc2cc([N+](=O)[O-])ccc21)NC(c1ccccc1)c1ccc2nc[nH]c2c1. The smallest absolute Gasteiger partial charge is 0.407 e. The molecule has 0 spiro atoms. The number of aromatic nitrogens is 3. The third kappa shape index (κ3) is 4.54. The quantitative estimate of drug-likeness (QED) is 0.259. The molecule has 0 bridgehead atoms. The number of aromatic amines is 1. The highest BCUT2D eigenvalue weighted by atomic mass is 16.6. The van der Waals surface area contributed by atoms with E-state index < -0.39 is 10.7 Å². The molecule has 2 heterocycles. The first-order valence-corrected chi connectivity index (χ1v) is 11.0. The third-order valence-electron chi connectivity index (χ3n) is 5.86. The molecule has 10 nitrogen and oxygen atoms in total. The van der Waals surface area contributed by atoms with Crippen molar-refractivity contribution < 1.29 is 14.1 Å². The van der Waals surface area contributed by atoms with E-state index in [2.05, 4.69) is 15.3 Å². The number of imidazole rings is 1. The molecule has 0 radical (unpaired) electrons. The minimum absolute atomic E-state index is 0.145. The number of non-ortho nitro benzene ring substituents is 1. The fraction of sp³-hybridized carbons (Fsp3) is 0.160. The van der Waals surface area contributed by atoms with Gasteiger partial charge < -0.3 is 14.7 Å². The van der Waals surface area contributed by atoms with E-state index in [4.69, 9.17) is 4.42 Å². The Morgan fingerprint density at radius 3 is 2.74 bits per heavy atom. The van der Waals surface area contributed by atoms with E-state index in [0.29, 0.717) is 11.9 Å². The number of H-pyrrole nitrogens is 1. The Kier molecular flexibility index (Phi) is 5.84. The number of carbonyl (C=O) groups is 1. The molecule has 3 aromatic carbocycles. The number of nitrogens with zero attached hydrogens (tertiary/aromatic N) is 3. The van der Waals surface area contributed by atoms with Crippen molar-refractivity contribution in [2.75, 3.05) is 0 Å². The molecule has 0 saturated heterocycles. The zero-order valence-corrected chi connectivity index (χ0v) is 18.5. The minimum Gasteiger partial charge on any atom is -0.407 e. The summed E-state index contributed by atoms with van der Waals surface area (Å²) in [5, 5.41) is 14.1. The number of fused-ring (bicyclic) bond motifs is 2. The van der Waals surface area contributed by atoms with Crippen molar-refractivity contribution in [3.05, 3.63) is 105 Å². The average molecular weight is 471 g/mol. The van der Waals surface area contributed by atoms with Crippen molar-refractivity contribution in [1.29, 1.82) is 0 Å². The van der Waals surface area contributed by atoms with Crippen LogP contribution in [0.15, 0.2) is 82.3 Å². The van der Waals surface area contributed by atoms with Crippen LogP contribution in [0.4, 0.5) is 5.69 Å². The van der Waals surface area contributed by atoms with Crippen LogP contribution in [0.5, 0.6) is 0 Å². The lowest BCUT2D eigenvalue weighted by Gasteiger charge is -2.20. The summed E-state index contributed by atoms with van der Waals surface area (Å²) in [5.74, 6) is -0.782. The van der Waals surface area contributed by atoms with E-state index >= 15 is 0 Å². The molecule has 0 saturated carbocycles. The molecule has 5 aromatic rings. The monoisotopic (exact) mass is 471 g/mol. The van der Waals surface area contributed by atoms with Gasteiger partial charge in [0.2, 0.25) is 5.91 Å². The molecule has 2 N–H and O–H groups in total. The Labute approximate surface area is 198 Å². The Balaban J connectivity index is 1.30. The van der Waals surface area contributed by atoms with Gasteiger partial charge >= 0.3 is 5.76 Å². The second-order valence-corrected chi connectivity index (χ2v) is 8.12. The van der Waals surface area contributed by atoms with E-state index in [1.807, 2.05) is 48.5 Å². The topological polar surface area (TPSA) is 136 Å². The summed E-state index contributed by atoms with van der Waals surface area (Å²) in [7, 11) is 0. The number of aryl methyl sites for hydroxylation is 1. The highest BCUT2D eigenvalue weighted by Gasteiger charge is 2.18. The van der Waals surface area contributed by atoms with Crippen molar-refractivity contribution in [2.45, 2.75) is 25.4 Å². The molecule has 0 aliphatic heterocycles. The van der Waals surface area contributed by atoms with E-state index in [1.54, 1.807) is 6.33 Å². The minimum atomic E-state index is -0.615. The van der Waals surface area contributed by atoms with Gasteiger partial charge in [-0.25, -0.2) is 9.78 Å². The van der Waals surface area contributed by atoms with Crippen LogP contribution in [0.3, 0.4) is 0 Å². The normalized spacial score (nSPS) is 12.1. The Hall–Kier alpha value is -4.73. The number of nitro groups is 1. The molecule has 35 heavy (non-hydrogen) atoms. The van der Waals surface area contributed by atoms with E-state index in [-0.39, 0.29) is 36.2 Å². The summed E-state index contributed by atoms with van der Waals surface area (Å²) in [4.78, 5) is 42.9. The maximum absolute atomic E-state index is 12.9. The summed E-state index contributed by atoms with van der Waals surface area (Å²) in [6, 6.07) is 19.2. The molecule has 5 rings (SSSR count). The number of nitro benzene ring substituents is 1. The molecule has 10 heteroatoms. The van der Waals surface area contributed by atoms with Crippen LogP contribution in [0.25, 0.3) is 22.1 Å². The maximum atomic E-state index is 12.9. The first-order valence-electron chi connectivity index (χ1n) is 11.0.